The van der Waals surface area contributed by atoms with E-state index in [2.05, 4.69) is 15.6 Å². The number of halogens is 2. The summed E-state index contributed by atoms with van der Waals surface area (Å²) in [7, 11) is 0. The number of anilines is 2. The first-order valence-corrected chi connectivity index (χ1v) is 8.45. The van der Waals surface area contributed by atoms with Crippen molar-refractivity contribution in [3.63, 3.8) is 0 Å². The Morgan fingerprint density at radius 2 is 1.50 bits per heavy atom. The number of pyridine rings is 1. The molecule has 0 saturated carbocycles. The lowest BCUT2D eigenvalue weighted by atomic mass is 10.1. The van der Waals surface area contributed by atoms with Gasteiger partial charge in [-0.15, -0.1) is 0 Å². The molecule has 0 spiro atoms. The summed E-state index contributed by atoms with van der Waals surface area (Å²) >= 11 is 0. The van der Waals surface area contributed by atoms with Crippen molar-refractivity contribution in [3.05, 3.63) is 88.7 Å². The molecule has 3 rings (SSSR count). The van der Waals surface area contributed by atoms with Gasteiger partial charge in [-0.25, -0.2) is 13.8 Å². The Bertz CT molecular complexity index is 1070. The maximum Gasteiger partial charge on any atom is 0.274 e. The van der Waals surface area contributed by atoms with Crippen LogP contribution in [0.5, 0.6) is 0 Å². The van der Waals surface area contributed by atoms with Gasteiger partial charge < -0.3 is 10.6 Å². The normalized spacial score (nSPS) is 10.4. The lowest BCUT2D eigenvalue weighted by molar-refractivity contribution is 0.101. The zero-order chi connectivity index (χ0) is 20.3. The Labute approximate surface area is 160 Å². The number of carbonyl (C=O) groups excluding carboxylic acids is 2. The van der Waals surface area contributed by atoms with E-state index in [4.69, 9.17) is 0 Å². The standard InChI is InChI=1S/C21H17F2N3O2/c1-12-6-9-17(13(2)10-12)26-21(28)19-5-3-4-18(25-19)20(27)24-14-7-8-15(22)16(23)11-14/h3-11H,1-2H3,(H,24,27)(H,26,28). The van der Waals surface area contributed by atoms with Crippen LogP contribution in [-0.4, -0.2) is 16.8 Å². The summed E-state index contributed by atoms with van der Waals surface area (Å²) in [4.78, 5) is 28.8. The highest BCUT2D eigenvalue weighted by molar-refractivity contribution is 6.06. The molecule has 0 bridgehead atoms. The maximum absolute atomic E-state index is 13.3. The van der Waals surface area contributed by atoms with Gasteiger partial charge >= 0.3 is 0 Å². The first-order valence-electron chi connectivity index (χ1n) is 8.45. The van der Waals surface area contributed by atoms with Gasteiger partial charge in [-0.1, -0.05) is 23.8 Å². The van der Waals surface area contributed by atoms with Crippen molar-refractivity contribution in [2.24, 2.45) is 0 Å². The quantitative estimate of drug-likeness (QED) is 0.700. The maximum atomic E-state index is 13.3. The van der Waals surface area contributed by atoms with E-state index >= 15 is 0 Å². The van der Waals surface area contributed by atoms with Gasteiger partial charge in [-0.2, -0.15) is 0 Å². The fourth-order valence-electron chi connectivity index (χ4n) is 2.60. The Morgan fingerprint density at radius 3 is 2.14 bits per heavy atom. The van der Waals surface area contributed by atoms with E-state index in [1.807, 2.05) is 26.0 Å². The molecule has 0 aliphatic rings. The average Bonchev–Trinajstić information content (AvgIpc) is 2.67. The van der Waals surface area contributed by atoms with Gasteiger partial charge in [-0.05, 0) is 49.7 Å². The topological polar surface area (TPSA) is 71.1 Å². The second-order valence-corrected chi connectivity index (χ2v) is 6.26. The molecular weight excluding hydrogens is 364 g/mol. The first kappa shape index (κ1) is 19.2. The van der Waals surface area contributed by atoms with Crippen molar-refractivity contribution >= 4 is 23.2 Å². The molecule has 1 aromatic heterocycles. The molecule has 0 atom stereocenters. The van der Waals surface area contributed by atoms with Crippen molar-refractivity contribution in [1.82, 2.24) is 4.98 Å². The summed E-state index contributed by atoms with van der Waals surface area (Å²) in [6.45, 7) is 3.83. The fraction of sp³-hybridized carbons (Fsp3) is 0.0952. The third kappa shape index (κ3) is 4.37. The van der Waals surface area contributed by atoms with Crippen LogP contribution in [0.4, 0.5) is 20.2 Å². The molecule has 5 nitrogen and oxygen atoms in total. The lowest BCUT2D eigenvalue weighted by Crippen LogP contribution is -2.19. The van der Waals surface area contributed by atoms with Crippen LogP contribution >= 0.6 is 0 Å². The number of aryl methyl sites for hydroxylation is 2. The van der Waals surface area contributed by atoms with Crippen molar-refractivity contribution in [2.75, 3.05) is 10.6 Å². The number of benzene rings is 2. The number of nitrogens with zero attached hydrogens (tertiary/aromatic N) is 1. The van der Waals surface area contributed by atoms with Crippen LogP contribution in [0.2, 0.25) is 0 Å². The average molecular weight is 381 g/mol. The number of amides is 2. The molecule has 0 saturated heterocycles. The van der Waals surface area contributed by atoms with Gasteiger partial charge in [0.05, 0.1) is 0 Å². The minimum absolute atomic E-state index is 0.0296. The van der Waals surface area contributed by atoms with Gasteiger partial charge in [0.2, 0.25) is 0 Å². The van der Waals surface area contributed by atoms with Gasteiger partial charge in [0.1, 0.15) is 11.4 Å². The molecule has 28 heavy (non-hydrogen) atoms. The Kier molecular flexibility index (Phi) is 5.44. The molecule has 0 aliphatic carbocycles. The summed E-state index contributed by atoms with van der Waals surface area (Å²) in [5.41, 5.74) is 2.73. The van der Waals surface area contributed by atoms with Crippen molar-refractivity contribution in [2.45, 2.75) is 13.8 Å². The van der Waals surface area contributed by atoms with E-state index in [0.717, 1.165) is 23.3 Å². The summed E-state index contributed by atoms with van der Waals surface area (Å²) in [6.07, 6.45) is 0. The highest BCUT2D eigenvalue weighted by Gasteiger charge is 2.14. The van der Waals surface area contributed by atoms with Crippen LogP contribution in [0.25, 0.3) is 0 Å². The molecule has 7 heteroatoms. The Balaban J connectivity index is 1.76. The van der Waals surface area contributed by atoms with Crippen LogP contribution in [0.15, 0.2) is 54.6 Å². The van der Waals surface area contributed by atoms with E-state index in [1.165, 1.54) is 24.3 Å². The number of carbonyl (C=O) groups is 2. The molecule has 2 N–H and O–H groups in total. The molecule has 0 fully saturated rings. The predicted octanol–water partition coefficient (Wildman–Crippen LogP) is 4.48. The van der Waals surface area contributed by atoms with E-state index in [-0.39, 0.29) is 17.1 Å². The smallest absolute Gasteiger partial charge is 0.274 e. The zero-order valence-electron chi connectivity index (χ0n) is 15.2. The number of nitrogens with one attached hydrogen (secondary N) is 2. The number of aromatic nitrogens is 1. The molecular formula is C21H17F2N3O2. The Morgan fingerprint density at radius 1 is 0.821 bits per heavy atom. The van der Waals surface area contributed by atoms with Crippen molar-refractivity contribution in [1.29, 1.82) is 0 Å². The largest absolute Gasteiger partial charge is 0.321 e. The van der Waals surface area contributed by atoms with Crippen LogP contribution in [0.1, 0.15) is 32.1 Å². The summed E-state index contributed by atoms with van der Waals surface area (Å²) in [5.74, 6) is -3.20. The first-order chi connectivity index (χ1) is 13.3. The highest BCUT2D eigenvalue weighted by Crippen LogP contribution is 2.17. The van der Waals surface area contributed by atoms with Crippen molar-refractivity contribution in [3.8, 4) is 0 Å². The molecule has 2 aromatic carbocycles. The number of rotatable bonds is 4. The van der Waals surface area contributed by atoms with E-state index in [0.29, 0.717) is 5.69 Å². The molecule has 142 valence electrons. The molecule has 2 amide bonds. The van der Waals surface area contributed by atoms with Crippen LogP contribution in [-0.2, 0) is 0 Å². The van der Waals surface area contributed by atoms with Gasteiger partial charge in [0, 0.05) is 17.4 Å². The predicted molar refractivity (Wildman–Crippen MR) is 102 cm³/mol. The van der Waals surface area contributed by atoms with Crippen LogP contribution < -0.4 is 10.6 Å². The molecule has 0 radical (unpaired) electrons. The van der Waals surface area contributed by atoms with E-state index in [1.54, 1.807) is 6.07 Å². The number of hydrogen-bond acceptors (Lipinski definition) is 3. The Hall–Kier alpha value is -3.61. The minimum atomic E-state index is -1.08. The third-order valence-electron chi connectivity index (χ3n) is 4.02. The summed E-state index contributed by atoms with van der Waals surface area (Å²) in [5, 5.41) is 5.18. The van der Waals surface area contributed by atoms with E-state index < -0.39 is 23.4 Å². The van der Waals surface area contributed by atoms with Crippen molar-refractivity contribution < 1.29 is 18.4 Å². The fourth-order valence-corrected chi connectivity index (χ4v) is 2.60. The zero-order valence-corrected chi connectivity index (χ0v) is 15.2. The van der Waals surface area contributed by atoms with Gasteiger partial charge in [-0.3, -0.25) is 9.59 Å². The van der Waals surface area contributed by atoms with Gasteiger partial charge in [0.15, 0.2) is 11.6 Å². The third-order valence-corrected chi connectivity index (χ3v) is 4.02. The molecule has 1 heterocycles. The summed E-state index contributed by atoms with van der Waals surface area (Å²) in [6, 6.07) is 13.0. The second-order valence-electron chi connectivity index (χ2n) is 6.26. The molecule has 0 unspecified atom stereocenters. The van der Waals surface area contributed by atoms with Crippen LogP contribution in [0, 0.1) is 25.5 Å². The number of hydrogen-bond donors (Lipinski definition) is 2. The van der Waals surface area contributed by atoms with E-state index in [9.17, 15) is 18.4 Å². The monoisotopic (exact) mass is 381 g/mol. The molecule has 3 aromatic rings. The molecule has 0 aliphatic heterocycles. The summed E-state index contributed by atoms with van der Waals surface area (Å²) < 4.78 is 26.3. The highest BCUT2D eigenvalue weighted by atomic mass is 19.2. The SMILES string of the molecule is Cc1ccc(NC(=O)c2cccc(C(=O)Nc3ccc(F)c(F)c3)n2)c(C)c1. The minimum Gasteiger partial charge on any atom is -0.321 e. The lowest BCUT2D eigenvalue weighted by Gasteiger charge is -2.10. The van der Waals surface area contributed by atoms with Crippen LogP contribution in [0.3, 0.4) is 0 Å². The second kappa shape index (κ2) is 7.96. The van der Waals surface area contributed by atoms with Gasteiger partial charge in [0.25, 0.3) is 11.8 Å².